The normalized spacial score (nSPS) is 10.6. The molecule has 0 atom stereocenters. The van der Waals surface area contributed by atoms with Crippen molar-refractivity contribution in [2.45, 2.75) is 13.8 Å². The zero-order valence-corrected chi connectivity index (χ0v) is 8.86. The van der Waals surface area contributed by atoms with Crippen molar-refractivity contribution in [2.75, 3.05) is 5.75 Å². The average molecular weight is 200 g/mol. The van der Waals surface area contributed by atoms with Gasteiger partial charge in [-0.25, -0.2) is 4.68 Å². The minimum Gasteiger partial charge on any atom is -0.224 e. The van der Waals surface area contributed by atoms with Gasteiger partial charge in [0.2, 0.25) is 0 Å². The van der Waals surface area contributed by atoms with Crippen molar-refractivity contribution < 1.29 is 0 Å². The summed E-state index contributed by atoms with van der Waals surface area (Å²) in [6.45, 7) is 4.36. The quantitative estimate of drug-likeness (QED) is 0.683. The van der Waals surface area contributed by atoms with Gasteiger partial charge in [-0.05, 0) is 12.0 Å². The van der Waals surface area contributed by atoms with Crippen LogP contribution >= 0.6 is 24.0 Å². The van der Waals surface area contributed by atoms with Crippen LogP contribution in [0.3, 0.4) is 0 Å². The predicted molar refractivity (Wildman–Crippen MR) is 57.5 cm³/mol. The average Bonchev–Trinajstić information content (AvgIpc) is 2.51. The Morgan fingerprint density at radius 2 is 2.42 bits per heavy atom. The van der Waals surface area contributed by atoms with E-state index in [1.54, 1.807) is 22.6 Å². The molecule has 0 unspecified atom stereocenters. The van der Waals surface area contributed by atoms with Gasteiger partial charge in [0.05, 0.1) is 0 Å². The molecule has 0 radical (unpaired) electrons. The number of rotatable bonds is 2. The monoisotopic (exact) mass is 200 g/mol. The van der Waals surface area contributed by atoms with E-state index in [0.717, 1.165) is 10.1 Å². The number of thiocarbonyl (C=S) groups is 1. The van der Waals surface area contributed by atoms with Crippen LogP contribution in [0.25, 0.3) is 0 Å². The molecule has 0 aliphatic carbocycles. The van der Waals surface area contributed by atoms with Crippen molar-refractivity contribution >= 4 is 28.3 Å². The van der Waals surface area contributed by atoms with Crippen molar-refractivity contribution in [1.82, 2.24) is 9.78 Å². The summed E-state index contributed by atoms with van der Waals surface area (Å²) < 4.78 is 2.55. The smallest absolute Gasteiger partial charge is 0.161 e. The molecule has 2 nitrogen and oxygen atoms in total. The molecule has 0 amide bonds. The molecular formula is C8H12N2S2. The second-order valence-electron chi connectivity index (χ2n) is 2.92. The van der Waals surface area contributed by atoms with Gasteiger partial charge in [-0.2, -0.15) is 5.10 Å². The molecule has 66 valence electrons. The molecule has 0 saturated carbocycles. The van der Waals surface area contributed by atoms with Crippen LogP contribution < -0.4 is 0 Å². The number of aromatic nitrogens is 2. The Balaban J connectivity index is 2.40. The summed E-state index contributed by atoms with van der Waals surface area (Å²) in [5.74, 6) is 1.72. The van der Waals surface area contributed by atoms with Gasteiger partial charge in [0.25, 0.3) is 0 Å². The first-order valence-electron chi connectivity index (χ1n) is 3.87. The summed E-state index contributed by atoms with van der Waals surface area (Å²) in [7, 11) is 0. The lowest BCUT2D eigenvalue weighted by atomic mass is 10.3. The lowest BCUT2D eigenvalue weighted by molar-refractivity contribution is 0.751. The van der Waals surface area contributed by atoms with E-state index in [4.69, 9.17) is 12.2 Å². The van der Waals surface area contributed by atoms with E-state index < -0.39 is 0 Å². The van der Waals surface area contributed by atoms with Crippen molar-refractivity contribution in [3.05, 3.63) is 18.5 Å². The Morgan fingerprint density at radius 1 is 1.67 bits per heavy atom. The molecule has 1 rings (SSSR count). The first-order valence-corrected chi connectivity index (χ1v) is 5.26. The van der Waals surface area contributed by atoms with E-state index in [1.807, 2.05) is 12.3 Å². The van der Waals surface area contributed by atoms with Gasteiger partial charge >= 0.3 is 0 Å². The highest BCUT2D eigenvalue weighted by Gasteiger charge is 2.01. The van der Waals surface area contributed by atoms with E-state index in [9.17, 15) is 0 Å². The molecule has 0 spiro atoms. The Kier molecular flexibility index (Phi) is 3.75. The Morgan fingerprint density at radius 3 is 2.92 bits per heavy atom. The second-order valence-corrected chi connectivity index (χ2v) is 4.58. The Labute approximate surface area is 82.3 Å². The highest BCUT2D eigenvalue weighted by atomic mass is 32.2. The molecule has 0 aliphatic rings. The molecule has 0 aliphatic heterocycles. The minimum atomic E-state index is 0.670. The molecule has 0 saturated heterocycles. The maximum atomic E-state index is 5.16. The van der Waals surface area contributed by atoms with Gasteiger partial charge in [0.15, 0.2) is 4.32 Å². The molecule has 0 N–H and O–H groups in total. The van der Waals surface area contributed by atoms with Crippen molar-refractivity contribution in [2.24, 2.45) is 5.92 Å². The highest BCUT2D eigenvalue weighted by Crippen LogP contribution is 2.10. The van der Waals surface area contributed by atoms with Gasteiger partial charge in [-0.15, -0.1) is 0 Å². The fourth-order valence-electron chi connectivity index (χ4n) is 0.681. The largest absolute Gasteiger partial charge is 0.224 e. The summed E-state index contributed by atoms with van der Waals surface area (Å²) >= 11 is 6.83. The lowest BCUT2D eigenvalue weighted by Crippen LogP contribution is -2.07. The van der Waals surface area contributed by atoms with Gasteiger partial charge in [0.1, 0.15) is 0 Å². The van der Waals surface area contributed by atoms with E-state index >= 15 is 0 Å². The SMILES string of the molecule is CC(C)CSC(=S)n1cccn1. The Hall–Kier alpha value is -0.350. The van der Waals surface area contributed by atoms with Gasteiger partial charge in [-0.3, -0.25) is 0 Å². The van der Waals surface area contributed by atoms with Crippen LogP contribution in [-0.2, 0) is 0 Å². The second kappa shape index (κ2) is 4.62. The lowest BCUT2D eigenvalue weighted by Gasteiger charge is -2.04. The standard InChI is InChI=1S/C8H12N2S2/c1-7(2)6-12-8(11)10-5-3-4-9-10/h3-5,7H,6H2,1-2H3. The summed E-state index contributed by atoms with van der Waals surface area (Å²) in [4.78, 5) is 0. The van der Waals surface area contributed by atoms with Crippen molar-refractivity contribution in [3.63, 3.8) is 0 Å². The third-order valence-electron chi connectivity index (χ3n) is 1.23. The third kappa shape index (κ3) is 2.95. The molecule has 12 heavy (non-hydrogen) atoms. The molecule has 1 heterocycles. The van der Waals surface area contributed by atoms with Gasteiger partial charge in [0, 0.05) is 18.1 Å². The summed E-state index contributed by atoms with van der Waals surface area (Å²) in [5, 5.41) is 4.05. The van der Waals surface area contributed by atoms with Gasteiger partial charge < -0.3 is 0 Å². The summed E-state index contributed by atoms with van der Waals surface area (Å²) in [6, 6.07) is 1.88. The van der Waals surface area contributed by atoms with E-state index in [-0.39, 0.29) is 0 Å². The van der Waals surface area contributed by atoms with E-state index in [1.165, 1.54) is 0 Å². The molecule has 4 heteroatoms. The van der Waals surface area contributed by atoms with Crippen LogP contribution in [0.4, 0.5) is 0 Å². The third-order valence-corrected chi connectivity index (χ3v) is 3.04. The fourth-order valence-corrected chi connectivity index (χ4v) is 1.71. The highest BCUT2D eigenvalue weighted by molar-refractivity contribution is 8.23. The van der Waals surface area contributed by atoms with Crippen LogP contribution in [0.5, 0.6) is 0 Å². The van der Waals surface area contributed by atoms with Crippen LogP contribution in [-0.4, -0.2) is 19.9 Å². The minimum absolute atomic E-state index is 0.670. The first-order chi connectivity index (χ1) is 5.70. The topological polar surface area (TPSA) is 17.8 Å². The van der Waals surface area contributed by atoms with Crippen molar-refractivity contribution in [1.29, 1.82) is 0 Å². The number of hydrogen-bond acceptors (Lipinski definition) is 3. The summed E-state index contributed by atoms with van der Waals surface area (Å²) in [5.41, 5.74) is 0. The Bertz CT molecular complexity index is 242. The number of hydrogen-bond donors (Lipinski definition) is 0. The zero-order chi connectivity index (χ0) is 8.97. The zero-order valence-electron chi connectivity index (χ0n) is 7.23. The summed E-state index contributed by atoms with van der Waals surface area (Å²) in [6.07, 6.45) is 3.61. The maximum Gasteiger partial charge on any atom is 0.161 e. The van der Waals surface area contributed by atoms with E-state index in [0.29, 0.717) is 5.92 Å². The molecule has 0 fully saturated rings. The number of nitrogens with zero attached hydrogens (tertiary/aromatic N) is 2. The molecule has 0 aromatic carbocycles. The molecule has 1 aromatic rings. The molecule has 0 bridgehead atoms. The predicted octanol–water partition coefficient (Wildman–Crippen LogP) is 2.41. The van der Waals surface area contributed by atoms with Crippen LogP contribution in [0.15, 0.2) is 18.5 Å². The maximum absolute atomic E-state index is 5.16. The number of thioether (sulfide) groups is 1. The van der Waals surface area contributed by atoms with Crippen LogP contribution in [0.1, 0.15) is 13.8 Å². The molecular weight excluding hydrogens is 188 g/mol. The van der Waals surface area contributed by atoms with Gasteiger partial charge in [-0.1, -0.05) is 37.8 Å². The van der Waals surface area contributed by atoms with E-state index in [2.05, 4.69) is 18.9 Å². The fraction of sp³-hybridized carbons (Fsp3) is 0.500. The van der Waals surface area contributed by atoms with Crippen LogP contribution in [0.2, 0.25) is 0 Å². The molecule has 1 aromatic heterocycles. The first kappa shape index (κ1) is 9.74. The van der Waals surface area contributed by atoms with Crippen LogP contribution in [0, 0.1) is 5.92 Å². The van der Waals surface area contributed by atoms with Crippen molar-refractivity contribution in [3.8, 4) is 0 Å².